The number of rotatable bonds is 8. The highest BCUT2D eigenvalue weighted by Gasteiger charge is 2.48. The smallest absolute Gasteiger partial charge is 0.307 e. The fourth-order valence-electron chi connectivity index (χ4n) is 1.61. The van der Waals surface area contributed by atoms with E-state index in [1.807, 2.05) is 13.8 Å². The van der Waals surface area contributed by atoms with Crippen molar-refractivity contribution in [3.05, 3.63) is 0 Å². The molecule has 1 aliphatic carbocycles. The van der Waals surface area contributed by atoms with E-state index >= 15 is 0 Å². The van der Waals surface area contributed by atoms with Crippen LogP contribution in [0.5, 0.6) is 0 Å². The maximum atomic E-state index is 11.5. The first kappa shape index (κ1) is 13.9. The van der Waals surface area contributed by atoms with Gasteiger partial charge in [-0.05, 0) is 20.3 Å². The van der Waals surface area contributed by atoms with Crippen molar-refractivity contribution in [1.29, 1.82) is 0 Å². The number of nitrogens with one attached hydrogen (secondary N) is 1. The zero-order valence-corrected chi connectivity index (χ0v) is 10.1. The highest BCUT2D eigenvalue weighted by molar-refractivity contribution is 5.89. The molecule has 2 atom stereocenters. The van der Waals surface area contributed by atoms with Gasteiger partial charge in [0.05, 0.1) is 18.4 Å². The lowest BCUT2D eigenvalue weighted by Gasteiger charge is -2.17. The molecule has 0 aromatic heterocycles. The number of hydrogen-bond donors (Lipinski definition) is 2. The largest absolute Gasteiger partial charge is 0.481 e. The van der Waals surface area contributed by atoms with Gasteiger partial charge in [0.1, 0.15) is 0 Å². The van der Waals surface area contributed by atoms with Gasteiger partial charge in [0, 0.05) is 13.2 Å². The van der Waals surface area contributed by atoms with Crippen molar-refractivity contribution in [3.8, 4) is 0 Å². The monoisotopic (exact) mass is 245 g/mol. The Morgan fingerprint density at radius 1 is 1.29 bits per heavy atom. The average molecular weight is 245 g/mol. The number of carbonyl (C=O) groups is 2. The van der Waals surface area contributed by atoms with E-state index in [2.05, 4.69) is 5.32 Å². The molecule has 1 amide bonds. The minimum atomic E-state index is -0.906. The van der Waals surface area contributed by atoms with Gasteiger partial charge in [-0.2, -0.15) is 0 Å². The fraction of sp³-hybridized carbons (Fsp3) is 0.818. The molecule has 2 N–H and O–H groups in total. The average Bonchev–Trinajstić information content (AvgIpc) is 3.06. The van der Waals surface area contributed by atoms with E-state index in [4.69, 9.17) is 14.6 Å². The number of ether oxygens (including phenoxy) is 2. The summed E-state index contributed by atoms with van der Waals surface area (Å²) in [6.07, 6.45) is -0.0364. The molecule has 0 spiro atoms. The van der Waals surface area contributed by atoms with Gasteiger partial charge in [-0.1, -0.05) is 0 Å². The van der Waals surface area contributed by atoms with Crippen molar-refractivity contribution >= 4 is 11.9 Å². The Bertz CT molecular complexity index is 275. The third-order valence-corrected chi connectivity index (χ3v) is 2.59. The van der Waals surface area contributed by atoms with Crippen LogP contribution in [0.3, 0.4) is 0 Å². The molecular formula is C11H19NO5. The molecule has 6 nitrogen and oxygen atoms in total. The molecule has 6 heteroatoms. The first-order chi connectivity index (χ1) is 8.10. The van der Waals surface area contributed by atoms with E-state index < -0.39 is 24.1 Å². The van der Waals surface area contributed by atoms with Crippen molar-refractivity contribution in [2.24, 2.45) is 11.8 Å². The van der Waals surface area contributed by atoms with Crippen molar-refractivity contribution in [1.82, 2.24) is 5.32 Å². The van der Waals surface area contributed by atoms with Crippen LogP contribution in [0, 0.1) is 11.8 Å². The van der Waals surface area contributed by atoms with Crippen LogP contribution in [-0.4, -0.2) is 43.0 Å². The first-order valence-corrected chi connectivity index (χ1v) is 5.83. The highest BCUT2D eigenvalue weighted by atomic mass is 16.7. The topological polar surface area (TPSA) is 84.9 Å². The number of carboxylic acids is 1. The van der Waals surface area contributed by atoms with Gasteiger partial charge < -0.3 is 19.9 Å². The van der Waals surface area contributed by atoms with Crippen molar-refractivity contribution < 1.29 is 24.2 Å². The van der Waals surface area contributed by atoms with Crippen LogP contribution in [0.2, 0.25) is 0 Å². The summed E-state index contributed by atoms with van der Waals surface area (Å²) in [7, 11) is 0. The Kier molecular flexibility index (Phi) is 5.37. The second kappa shape index (κ2) is 6.56. The molecule has 17 heavy (non-hydrogen) atoms. The second-order valence-corrected chi connectivity index (χ2v) is 3.87. The minimum absolute atomic E-state index is 0.234. The lowest BCUT2D eigenvalue weighted by atomic mass is 10.3. The number of aliphatic carboxylic acids is 1. The molecule has 0 radical (unpaired) electrons. The number of amides is 1. The van der Waals surface area contributed by atoms with E-state index in [-0.39, 0.29) is 12.5 Å². The van der Waals surface area contributed by atoms with Crippen LogP contribution in [-0.2, 0) is 19.1 Å². The van der Waals surface area contributed by atoms with Gasteiger partial charge in [0.2, 0.25) is 5.91 Å². The summed E-state index contributed by atoms with van der Waals surface area (Å²) in [4.78, 5) is 22.1. The predicted molar refractivity (Wildman–Crippen MR) is 59.3 cm³/mol. The van der Waals surface area contributed by atoms with Crippen LogP contribution in [0.25, 0.3) is 0 Å². The Balaban J connectivity index is 2.25. The molecule has 0 aliphatic heterocycles. The third-order valence-electron chi connectivity index (χ3n) is 2.59. The maximum Gasteiger partial charge on any atom is 0.307 e. The van der Waals surface area contributed by atoms with Crippen molar-refractivity contribution in [3.63, 3.8) is 0 Å². The molecule has 0 aromatic rings. The summed E-state index contributed by atoms with van der Waals surface area (Å²) in [5, 5.41) is 11.3. The zero-order chi connectivity index (χ0) is 12.8. The molecule has 0 unspecified atom stereocenters. The molecule has 0 aromatic carbocycles. The lowest BCUT2D eigenvalue weighted by Crippen LogP contribution is -2.36. The Labute approximate surface area is 100 Å². The summed E-state index contributed by atoms with van der Waals surface area (Å²) < 4.78 is 10.5. The fourth-order valence-corrected chi connectivity index (χ4v) is 1.61. The van der Waals surface area contributed by atoms with Gasteiger partial charge in [-0.3, -0.25) is 9.59 Å². The SMILES string of the molecule is CCOC(CNC(=O)[C@@H]1C[C@@H]1C(=O)O)OCC. The van der Waals surface area contributed by atoms with Gasteiger partial charge in [-0.15, -0.1) is 0 Å². The minimum Gasteiger partial charge on any atom is -0.481 e. The second-order valence-electron chi connectivity index (χ2n) is 3.87. The Morgan fingerprint density at radius 3 is 2.29 bits per heavy atom. The summed E-state index contributed by atoms with van der Waals surface area (Å²) in [6.45, 7) is 4.94. The quantitative estimate of drug-likeness (QED) is 0.598. The predicted octanol–water partition coefficient (Wildman–Crippen LogP) is 0.222. The molecule has 0 bridgehead atoms. The molecule has 98 valence electrons. The van der Waals surface area contributed by atoms with Crippen molar-refractivity contribution in [2.45, 2.75) is 26.6 Å². The van der Waals surface area contributed by atoms with Gasteiger partial charge in [-0.25, -0.2) is 0 Å². The van der Waals surface area contributed by atoms with Crippen LogP contribution in [0.4, 0.5) is 0 Å². The molecule has 1 saturated carbocycles. The van der Waals surface area contributed by atoms with Crippen LogP contribution in [0.1, 0.15) is 20.3 Å². The summed E-state index contributed by atoms with van der Waals surface area (Å²) in [6, 6.07) is 0. The van der Waals surface area contributed by atoms with E-state index in [1.54, 1.807) is 0 Å². The normalized spacial score (nSPS) is 22.5. The maximum absolute atomic E-state index is 11.5. The molecular weight excluding hydrogens is 226 g/mol. The van der Waals surface area contributed by atoms with Crippen LogP contribution in [0.15, 0.2) is 0 Å². The standard InChI is InChI=1S/C11H19NO5/c1-3-16-9(17-4-2)6-12-10(13)7-5-8(7)11(14)15/h7-9H,3-6H2,1-2H3,(H,12,13)(H,14,15)/t7-,8+/m1/s1. The third kappa shape index (κ3) is 4.32. The van der Waals surface area contributed by atoms with Gasteiger partial charge in [0.15, 0.2) is 6.29 Å². The molecule has 1 rings (SSSR count). The van der Waals surface area contributed by atoms with Crippen molar-refractivity contribution in [2.75, 3.05) is 19.8 Å². The highest BCUT2D eigenvalue weighted by Crippen LogP contribution is 2.38. The van der Waals surface area contributed by atoms with E-state index in [1.165, 1.54) is 0 Å². The lowest BCUT2D eigenvalue weighted by molar-refractivity contribution is -0.143. The molecule has 1 fully saturated rings. The van der Waals surface area contributed by atoms with Crippen LogP contribution >= 0.6 is 0 Å². The van der Waals surface area contributed by atoms with E-state index in [0.717, 1.165) is 0 Å². The van der Waals surface area contributed by atoms with Gasteiger partial charge >= 0.3 is 5.97 Å². The van der Waals surface area contributed by atoms with Gasteiger partial charge in [0.25, 0.3) is 0 Å². The zero-order valence-electron chi connectivity index (χ0n) is 10.1. The molecule has 1 aliphatic rings. The summed E-state index contributed by atoms with van der Waals surface area (Å²) in [5.41, 5.74) is 0. The Morgan fingerprint density at radius 2 is 1.88 bits per heavy atom. The molecule has 0 heterocycles. The van der Waals surface area contributed by atoms with E-state index in [0.29, 0.717) is 19.6 Å². The number of carbonyl (C=O) groups excluding carboxylic acids is 1. The molecule has 0 saturated heterocycles. The van der Waals surface area contributed by atoms with E-state index in [9.17, 15) is 9.59 Å². The Hall–Kier alpha value is -1.14. The number of hydrogen-bond acceptors (Lipinski definition) is 4. The first-order valence-electron chi connectivity index (χ1n) is 5.83. The summed E-state index contributed by atoms with van der Waals surface area (Å²) in [5.74, 6) is -2.05. The number of carboxylic acid groups (broad SMARTS) is 1. The van der Waals surface area contributed by atoms with Crippen LogP contribution < -0.4 is 5.32 Å². The summed E-state index contributed by atoms with van der Waals surface area (Å²) >= 11 is 0.